The number of amides is 2. The Bertz CT molecular complexity index is 908. The minimum Gasteiger partial charge on any atom is -0.356 e. The van der Waals surface area contributed by atoms with Crippen LogP contribution >= 0.6 is 23.8 Å². The van der Waals surface area contributed by atoms with Gasteiger partial charge in [0.25, 0.3) is 0 Å². The maximum absolute atomic E-state index is 12.9. The summed E-state index contributed by atoms with van der Waals surface area (Å²) in [5.41, 5.74) is 0.821. The van der Waals surface area contributed by atoms with E-state index in [-0.39, 0.29) is 24.3 Å². The highest BCUT2D eigenvalue weighted by atomic mass is 35.5. The van der Waals surface area contributed by atoms with Gasteiger partial charge in [-0.3, -0.25) is 19.3 Å². The van der Waals surface area contributed by atoms with E-state index in [9.17, 15) is 9.59 Å². The number of unbranched alkanes of at least 4 members (excludes halogenated alkanes) is 1. The smallest absolute Gasteiger partial charge is 0.242 e. The average molecular weight is 436 g/mol. The number of piperidine rings is 1. The Labute approximate surface area is 180 Å². The Morgan fingerprint density at radius 3 is 2.83 bits per heavy atom. The maximum atomic E-state index is 12.9. The van der Waals surface area contributed by atoms with Crippen LogP contribution in [0.3, 0.4) is 0 Å². The first-order valence-electron chi connectivity index (χ1n) is 9.96. The first-order chi connectivity index (χ1) is 14.0. The van der Waals surface area contributed by atoms with Crippen LogP contribution in [0.25, 0.3) is 11.4 Å². The van der Waals surface area contributed by atoms with Crippen molar-refractivity contribution in [2.75, 3.05) is 19.6 Å². The number of halogens is 1. The Balaban J connectivity index is 1.67. The largest absolute Gasteiger partial charge is 0.356 e. The normalized spacial score (nSPS) is 16.6. The first kappa shape index (κ1) is 21.5. The third-order valence-corrected chi connectivity index (χ3v) is 5.69. The first-order valence-corrected chi connectivity index (χ1v) is 10.7. The van der Waals surface area contributed by atoms with Gasteiger partial charge in [-0.1, -0.05) is 24.9 Å². The summed E-state index contributed by atoms with van der Waals surface area (Å²) in [5, 5.41) is 10.6. The number of nitrogens with one attached hydrogen (secondary N) is 2. The molecular formula is C20H26ClN5O2S. The molecule has 156 valence electrons. The van der Waals surface area contributed by atoms with Gasteiger partial charge < -0.3 is 10.2 Å². The van der Waals surface area contributed by atoms with Crippen molar-refractivity contribution < 1.29 is 9.59 Å². The molecule has 2 aromatic rings. The number of hydrogen-bond donors (Lipinski definition) is 2. The third kappa shape index (κ3) is 5.45. The topological polar surface area (TPSA) is 83.0 Å². The molecule has 1 fully saturated rings. The minimum atomic E-state index is -0.155. The second kappa shape index (κ2) is 10.0. The zero-order valence-electron chi connectivity index (χ0n) is 16.5. The van der Waals surface area contributed by atoms with Crippen molar-refractivity contribution in [2.45, 2.75) is 39.2 Å². The molecule has 7 nitrogen and oxygen atoms in total. The monoisotopic (exact) mass is 435 g/mol. The SMILES string of the molecule is CCCCNC(=O)C1CCCN(C(=O)Cn2c(-c3ccc(Cl)cc3)n[nH]c2=S)C1. The van der Waals surface area contributed by atoms with Crippen LogP contribution < -0.4 is 5.32 Å². The lowest BCUT2D eigenvalue weighted by Gasteiger charge is -2.32. The van der Waals surface area contributed by atoms with Crippen LogP contribution in [0.15, 0.2) is 24.3 Å². The van der Waals surface area contributed by atoms with E-state index < -0.39 is 0 Å². The molecule has 0 saturated carbocycles. The lowest BCUT2D eigenvalue weighted by molar-refractivity contribution is -0.136. The molecule has 1 aromatic heterocycles. The fourth-order valence-corrected chi connectivity index (χ4v) is 3.79. The van der Waals surface area contributed by atoms with Crippen LogP contribution in [-0.2, 0) is 16.1 Å². The number of aromatic nitrogens is 3. The van der Waals surface area contributed by atoms with Gasteiger partial charge >= 0.3 is 0 Å². The fourth-order valence-electron chi connectivity index (χ4n) is 3.47. The number of benzene rings is 1. The highest BCUT2D eigenvalue weighted by molar-refractivity contribution is 7.71. The predicted octanol–water partition coefficient (Wildman–Crippen LogP) is 3.42. The molecule has 1 aliphatic heterocycles. The van der Waals surface area contributed by atoms with Crippen molar-refractivity contribution in [1.82, 2.24) is 25.0 Å². The van der Waals surface area contributed by atoms with E-state index in [0.29, 0.717) is 35.3 Å². The summed E-state index contributed by atoms with van der Waals surface area (Å²) in [6.45, 7) is 3.95. The summed E-state index contributed by atoms with van der Waals surface area (Å²) in [5.74, 6) is 0.407. The number of rotatable bonds is 7. The number of likely N-dealkylation sites (tertiary alicyclic amines) is 1. The van der Waals surface area contributed by atoms with Crippen LogP contribution in [0.1, 0.15) is 32.6 Å². The van der Waals surface area contributed by atoms with E-state index in [4.69, 9.17) is 23.8 Å². The van der Waals surface area contributed by atoms with Gasteiger partial charge in [-0.25, -0.2) is 0 Å². The van der Waals surface area contributed by atoms with Gasteiger partial charge in [0.1, 0.15) is 6.54 Å². The molecule has 1 unspecified atom stereocenters. The number of aromatic amines is 1. The Hall–Kier alpha value is -2.19. The molecule has 2 amide bonds. The van der Waals surface area contributed by atoms with Crippen molar-refractivity contribution >= 4 is 35.6 Å². The standard InChI is InChI=1S/C20H26ClN5O2S/c1-2-3-10-22-19(28)15-5-4-11-25(12-15)17(27)13-26-18(23-24-20(26)29)14-6-8-16(21)9-7-14/h6-9,15H,2-5,10-13H2,1H3,(H,22,28)(H,24,29). The fraction of sp³-hybridized carbons (Fsp3) is 0.500. The second-order valence-corrected chi connectivity index (χ2v) is 8.09. The number of nitrogens with zero attached hydrogens (tertiary/aromatic N) is 3. The molecule has 9 heteroatoms. The van der Waals surface area contributed by atoms with E-state index in [1.807, 2.05) is 12.1 Å². The van der Waals surface area contributed by atoms with E-state index >= 15 is 0 Å². The van der Waals surface area contributed by atoms with Crippen molar-refractivity contribution in [3.63, 3.8) is 0 Å². The highest BCUT2D eigenvalue weighted by Crippen LogP contribution is 2.21. The molecule has 1 aliphatic rings. The number of carbonyl (C=O) groups excluding carboxylic acids is 2. The molecule has 0 spiro atoms. The molecule has 0 bridgehead atoms. The van der Waals surface area contributed by atoms with Gasteiger partial charge in [0, 0.05) is 30.2 Å². The molecular weight excluding hydrogens is 410 g/mol. The van der Waals surface area contributed by atoms with Crippen LogP contribution in [-0.4, -0.2) is 51.1 Å². The van der Waals surface area contributed by atoms with Crippen molar-refractivity contribution in [2.24, 2.45) is 5.92 Å². The molecule has 2 N–H and O–H groups in total. The van der Waals surface area contributed by atoms with Gasteiger partial charge in [-0.15, -0.1) is 0 Å². The molecule has 0 radical (unpaired) electrons. The minimum absolute atomic E-state index is 0.0396. The zero-order chi connectivity index (χ0) is 20.8. The summed E-state index contributed by atoms with van der Waals surface area (Å²) in [4.78, 5) is 27.1. The quantitative estimate of drug-likeness (QED) is 0.515. The molecule has 1 saturated heterocycles. The van der Waals surface area contributed by atoms with Crippen LogP contribution in [0.2, 0.25) is 5.02 Å². The summed E-state index contributed by atoms with van der Waals surface area (Å²) in [6.07, 6.45) is 3.63. The highest BCUT2D eigenvalue weighted by Gasteiger charge is 2.28. The van der Waals surface area contributed by atoms with Crippen LogP contribution in [0.4, 0.5) is 0 Å². The number of hydrogen-bond acceptors (Lipinski definition) is 4. The molecule has 1 atom stereocenters. The molecule has 0 aliphatic carbocycles. The Morgan fingerprint density at radius 2 is 2.10 bits per heavy atom. The Kier molecular flexibility index (Phi) is 7.44. The van der Waals surface area contributed by atoms with E-state index in [0.717, 1.165) is 31.2 Å². The summed E-state index contributed by atoms with van der Waals surface area (Å²) in [7, 11) is 0. The second-order valence-electron chi connectivity index (χ2n) is 7.27. The van der Waals surface area contributed by atoms with E-state index in [2.05, 4.69) is 22.4 Å². The average Bonchev–Trinajstić information content (AvgIpc) is 3.09. The lowest BCUT2D eigenvalue weighted by Crippen LogP contribution is -2.46. The van der Waals surface area contributed by atoms with Gasteiger partial charge in [0.05, 0.1) is 5.92 Å². The van der Waals surface area contributed by atoms with Gasteiger partial charge in [-0.05, 0) is 55.7 Å². The maximum Gasteiger partial charge on any atom is 0.242 e. The third-order valence-electron chi connectivity index (χ3n) is 5.13. The number of H-pyrrole nitrogens is 1. The Morgan fingerprint density at radius 1 is 1.34 bits per heavy atom. The van der Waals surface area contributed by atoms with Gasteiger partial charge in [-0.2, -0.15) is 5.10 Å². The summed E-state index contributed by atoms with van der Waals surface area (Å²) >= 11 is 11.3. The van der Waals surface area contributed by atoms with Crippen molar-refractivity contribution in [3.8, 4) is 11.4 Å². The van der Waals surface area contributed by atoms with E-state index in [1.165, 1.54) is 0 Å². The number of carbonyl (C=O) groups is 2. The summed E-state index contributed by atoms with van der Waals surface area (Å²) in [6, 6.07) is 7.22. The van der Waals surface area contributed by atoms with Crippen molar-refractivity contribution in [3.05, 3.63) is 34.1 Å². The molecule has 1 aromatic carbocycles. The lowest BCUT2D eigenvalue weighted by atomic mass is 9.97. The van der Waals surface area contributed by atoms with Crippen molar-refractivity contribution in [1.29, 1.82) is 0 Å². The van der Waals surface area contributed by atoms with Gasteiger partial charge in [0.2, 0.25) is 11.8 Å². The summed E-state index contributed by atoms with van der Waals surface area (Å²) < 4.78 is 2.07. The van der Waals surface area contributed by atoms with E-state index in [1.54, 1.807) is 21.6 Å². The molecule has 2 heterocycles. The molecule has 29 heavy (non-hydrogen) atoms. The van der Waals surface area contributed by atoms with Crippen LogP contribution in [0.5, 0.6) is 0 Å². The van der Waals surface area contributed by atoms with Gasteiger partial charge in [0.15, 0.2) is 10.6 Å². The molecule has 3 rings (SSSR count). The van der Waals surface area contributed by atoms with Crippen LogP contribution in [0, 0.1) is 10.7 Å². The predicted molar refractivity (Wildman–Crippen MR) is 115 cm³/mol. The zero-order valence-corrected chi connectivity index (χ0v) is 18.1.